The van der Waals surface area contributed by atoms with Crippen molar-refractivity contribution in [2.45, 2.75) is 0 Å². The Balaban J connectivity index is 2.17. The van der Waals surface area contributed by atoms with E-state index in [0.717, 1.165) is 10.8 Å². The number of nitrogens with zero attached hydrogens (tertiary/aromatic N) is 4. The van der Waals surface area contributed by atoms with Crippen LogP contribution >= 0.6 is 11.3 Å². The zero-order valence-corrected chi connectivity index (χ0v) is 12.4. The standard InChI is InChI=1S/C14H13N5OS/c1-15-14-17-12(8-21-14)9-7-11(18-19(2)13(9)20)10-5-3-4-6-16-10/h3-8H,1-2H3,(H,15,17). The van der Waals surface area contributed by atoms with Crippen LogP contribution < -0.4 is 10.9 Å². The van der Waals surface area contributed by atoms with E-state index < -0.39 is 0 Å². The maximum Gasteiger partial charge on any atom is 0.276 e. The number of rotatable bonds is 3. The Hall–Kier alpha value is -2.54. The molecule has 0 aliphatic heterocycles. The average Bonchev–Trinajstić information content (AvgIpc) is 2.99. The van der Waals surface area contributed by atoms with Crippen LogP contribution in [-0.4, -0.2) is 26.8 Å². The molecular formula is C14H13N5OS. The topological polar surface area (TPSA) is 72.7 Å². The van der Waals surface area contributed by atoms with Crippen molar-refractivity contribution in [2.75, 3.05) is 12.4 Å². The van der Waals surface area contributed by atoms with Crippen LogP contribution in [0.5, 0.6) is 0 Å². The summed E-state index contributed by atoms with van der Waals surface area (Å²) in [6.45, 7) is 0. The lowest BCUT2D eigenvalue weighted by Crippen LogP contribution is -2.22. The molecule has 6 nitrogen and oxygen atoms in total. The minimum atomic E-state index is -0.178. The smallest absolute Gasteiger partial charge is 0.276 e. The van der Waals surface area contributed by atoms with E-state index in [-0.39, 0.29) is 5.56 Å². The third kappa shape index (κ3) is 2.55. The van der Waals surface area contributed by atoms with Crippen molar-refractivity contribution in [1.82, 2.24) is 19.7 Å². The molecule has 1 N–H and O–H groups in total. The number of anilines is 1. The van der Waals surface area contributed by atoms with Gasteiger partial charge in [-0.05, 0) is 18.2 Å². The lowest BCUT2D eigenvalue weighted by Gasteiger charge is -2.05. The molecule has 0 fully saturated rings. The van der Waals surface area contributed by atoms with Crippen LogP contribution in [0.2, 0.25) is 0 Å². The maximum absolute atomic E-state index is 12.3. The fourth-order valence-corrected chi connectivity index (χ4v) is 2.62. The molecule has 106 valence electrons. The molecule has 21 heavy (non-hydrogen) atoms. The summed E-state index contributed by atoms with van der Waals surface area (Å²) >= 11 is 1.45. The van der Waals surface area contributed by atoms with Gasteiger partial charge in [0.05, 0.1) is 17.0 Å². The van der Waals surface area contributed by atoms with Gasteiger partial charge in [0.1, 0.15) is 5.69 Å². The van der Waals surface area contributed by atoms with Crippen LogP contribution in [0.1, 0.15) is 0 Å². The van der Waals surface area contributed by atoms with Crippen LogP contribution in [0.15, 0.2) is 40.6 Å². The second-order valence-corrected chi connectivity index (χ2v) is 5.23. The van der Waals surface area contributed by atoms with Crippen molar-refractivity contribution in [2.24, 2.45) is 7.05 Å². The molecule has 3 aromatic rings. The van der Waals surface area contributed by atoms with E-state index in [9.17, 15) is 4.79 Å². The number of aryl methyl sites for hydroxylation is 1. The molecule has 0 spiro atoms. The molecule has 0 aliphatic rings. The van der Waals surface area contributed by atoms with Crippen molar-refractivity contribution in [3.63, 3.8) is 0 Å². The number of thiazole rings is 1. The monoisotopic (exact) mass is 299 g/mol. The first-order valence-electron chi connectivity index (χ1n) is 6.32. The molecule has 0 radical (unpaired) electrons. The van der Waals surface area contributed by atoms with E-state index in [1.165, 1.54) is 16.0 Å². The minimum absolute atomic E-state index is 0.178. The highest BCUT2D eigenvalue weighted by molar-refractivity contribution is 7.14. The van der Waals surface area contributed by atoms with Gasteiger partial charge in [-0.2, -0.15) is 5.10 Å². The Morgan fingerprint density at radius 1 is 1.24 bits per heavy atom. The van der Waals surface area contributed by atoms with E-state index >= 15 is 0 Å². The summed E-state index contributed by atoms with van der Waals surface area (Å²) in [4.78, 5) is 20.9. The van der Waals surface area contributed by atoms with Crippen LogP contribution in [0.25, 0.3) is 22.6 Å². The Morgan fingerprint density at radius 2 is 2.10 bits per heavy atom. The van der Waals surface area contributed by atoms with Crippen LogP contribution in [-0.2, 0) is 7.05 Å². The fourth-order valence-electron chi connectivity index (χ4n) is 1.94. The predicted octanol–water partition coefficient (Wildman–Crippen LogP) is 2.01. The van der Waals surface area contributed by atoms with Gasteiger partial charge < -0.3 is 5.32 Å². The highest BCUT2D eigenvalue weighted by Gasteiger charge is 2.13. The average molecular weight is 299 g/mol. The van der Waals surface area contributed by atoms with Gasteiger partial charge in [-0.15, -0.1) is 11.3 Å². The van der Waals surface area contributed by atoms with Crippen LogP contribution in [0.3, 0.4) is 0 Å². The molecule has 0 saturated heterocycles. The lowest BCUT2D eigenvalue weighted by atomic mass is 10.1. The minimum Gasteiger partial charge on any atom is -0.365 e. The van der Waals surface area contributed by atoms with Gasteiger partial charge in [0.15, 0.2) is 5.13 Å². The highest BCUT2D eigenvalue weighted by atomic mass is 32.1. The molecule has 3 aromatic heterocycles. The van der Waals surface area contributed by atoms with Gasteiger partial charge in [0, 0.05) is 25.7 Å². The summed E-state index contributed by atoms with van der Waals surface area (Å²) in [5.41, 5.74) is 2.35. The van der Waals surface area contributed by atoms with Gasteiger partial charge >= 0.3 is 0 Å². The van der Waals surface area contributed by atoms with Gasteiger partial charge in [0.2, 0.25) is 0 Å². The highest BCUT2D eigenvalue weighted by Crippen LogP contribution is 2.24. The first-order valence-corrected chi connectivity index (χ1v) is 7.20. The third-order valence-corrected chi connectivity index (χ3v) is 3.84. The SMILES string of the molecule is CNc1nc(-c2cc(-c3ccccn3)nn(C)c2=O)cs1. The molecule has 7 heteroatoms. The molecule has 0 saturated carbocycles. The van der Waals surface area contributed by atoms with E-state index in [1.54, 1.807) is 26.4 Å². The van der Waals surface area contributed by atoms with Gasteiger partial charge in [-0.25, -0.2) is 9.67 Å². The molecular weight excluding hydrogens is 286 g/mol. The maximum atomic E-state index is 12.3. The summed E-state index contributed by atoms with van der Waals surface area (Å²) in [5.74, 6) is 0. The van der Waals surface area contributed by atoms with Crippen LogP contribution in [0.4, 0.5) is 5.13 Å². The van der Waals surface area contributed by atoms with E-state index in [4.69, 9.17) is 0 Å². The predicted molar refractivity (Wildman–Crippen MR) is 83.4 cm³/mol. The Morgan fingerprint density at radius 3 is 2.76 bits per heavy atom. The molecule has 0 aliphatic carbocycles. The molecule has 0 bridgehead atoms. The quantitative estimate of drug-likeness (QED) is 0.801. The summed E-state index contributed by atoms with van der Waals surface area (Å²) < 4.78 is 1.32. The zero-order valence-electron chi connectivity index (χ0n) is 11.6. The number of nitrogens with one attached hydrogen (secondary N) is 1. The molecule has 0 unspecified atom stereocenters. The number of pyridine rings is 1. The first-order chi connectivity index (χ1) is 10.2. The normalized spacial score (nSPS) is 10.6. The third-order valence-electron chi connectivity index (χ3n) is 2.98. The van der Waals surface area contributed by atoms with Crippen LogP contribution in [0, 0.1) is 0 Å². The molecule has 3 heterocycles. The summed E-state index contributed by atoms with van der Waals surface area (Å²) in [6, 6.07) is 7.32. The second-order valence-electron chi connectivity index (χ2n) is 4.37. The Labute approximate surface area is 125 Å². The number of hydrogen-bond acceptors (Lipinski definition) is 6. The molecule has 0 atom stereocenters. The number of aromatic nitrogens is 4. The zero-order chi connectivity index (χ0) is 14.8. The van der Waals surface area contributed by atoms with Crippen molar-refractivity contribution in [3.05, 3.63) is 46.2 Å². The van der Waals surface area contributed by atoms with E-state index in [2.05, 4.69) is 20.4 Å². The van der Waals surface area contributed by atoms with Crippen molar-refractivity contribution < 1.29 is 0 Å². The number of hydrogen-bond donors (Lipinski definition) is 1. The van der Waals surface area contributed by atoms with E-state index in [1.807, 2.05) is 23.6 Å². The molecule has 0 aromatic carbocycles. The Bertz CT molecular complexity index is 825. The molecule has 0 amide bonds. The van der Waals surface area contributed by atoms with Crippen molar-refractivity contribution in [1.29, 1.82) is 0 Å². The van der Waals surface area contributed by atoms with Gasteiger partial charge in [0.25, 0.3) is 5.56 Å². The first kappa shape index (κ1) is 13.4. The molecule has 3 rings (SSSR count). The van der Waals surface area contributed by atoms with Gasteiger partial charge in [-0.3, -0.25) is 9.78 Å². The Kier molecular flexibility index (Phi) is 3.49. The summed E-state index contributed by atoms with van der Waals surface area (Å²) in [7, 11) is 3.43. The largest absolute Gasteiger partial charge is 0.365 e. The lowest BCUT2D eigenvalue weighted by molar-refractivity contribution is 0.713. The summed E-state index contributed by atoms with van der Waals surface area (Å²) in [6.07, 6.45) is 1.70. The van der Waals surface area contributed by atoms with E-state index in [0.29, 0.717) is 17.0 Å². The second kappa shape index (κ2) is 5.45. The fraction of sp³-hybridized carbons (Fsp3) is 0.143. The van der Waals surface area contributed by atoms with Crippen molar-refractivity contribution >= 4 is 16.5 Å². The van der Waals surface area contributed by atoms with Crippen molar-refractivity contribution in [3.8, 4) is 22.6 Å². The van der Waals surface area contributed by atoms with Gasteiger partial charge in [-0.1, -0.05) is 6.07 Å². The summed E-state index contributed by atoms with van der Waals surface area (Å²) in [5, 5.41) is 9.84.